The Morgan fingerprint density at radius 1 is 1.41 bits per heavy atom. The van der Waals surface area contributed by atoms with Gasteiger partial charge >= 0.3 is 0 Å². The Kier molecular flexibility index (Phi) is 3.29. The molecule has 0 radical (unpaired) electrons. The molecule has 0 aromatic carbocycles. The van der Waals surface area contributed by atoms with E-state index >= 15 is 0 Å². The maximum atomic E-state index is 8.97. The van der Waals surface area contributed by atoms with Crippen molar-refractivity contribution in [3.05, 3.63) is 41.5 Å². The summed E-state index contributed by atoms with van der Waals surface area (Å²) in [7, 11) is 0. The summed E-state index contributed by atoms with van der Waals surface area (Å²) in [6.45, 7) is 5.74. The molecule has 0 aliphatic carbocycles. The number of rotatable bonds is 4. The molecule has 0 saturated carbocycles. The zero-order chi connectivity index (χ0) is 12.3. The van der Waals surface area contributed by atoms with Gasteiger partial charge in [0.15, 0.2) is 0 Å². The summed E-state index contributed by atoms with van der Waals surface area (Å²) < 4.78 is 3.95. The van der Waals surface area contributed by atoms with Crippen molar-refractivity contribution < 1.29 is 0 Å². The summed E-state index contributed by atoms with van der Waals surface area (Å²) in [6.07, 6.45) is 2.87. The number of aryl methyl sites for hydroxylation is 2. The highest BCUT2D eigenvalue weighted by molar-refractivity contribution is 5.23. The molecule has 2 heterocycles. The molecular formula is C13H16N4. The Balaban J connectivity index is 2.29. The second-order valence-electron chi connectivity index (χ2n) is 3.93. The van der Waals surface area contributed by atoms with Crippen LogP contribution in [-0.4, -0.2) is 14.3 Å². The summed E-state index contributed by atoms with van der Waals surface area (Å²) in [5.74, 6) is 0. The van der Waals surface area contributed by atoms with Crippen molar-refractivity contribution in [2.45, 2.75) is 33.4 Å². The van der Waals surface area contributed by atoms with Crippen LogP contribution in [0.5, 0.6) is 0 Å². The molecule has 0 amide bonds. The van der Waals surface area contributed by atoms with Crippen LogP contribution in [0, 0.1) is 11.3 Å². The predicted octanol–water partition coefficient (Wildman–Crippen LogP) is 2.19. The van der Waals surface area contributed by atoms with E-state index in [1.54, 1.807) is 0 Å². The first-order valence-corrected chi connectivity index (χ1v) is 5.89. The molecule has 0 bridgehead atoms. The van der Waals surface area contributed by atoms with Crippen LogP contribution in [0.1, 0.15) is 30.9 Å². The average molecular weight is 228 g/mol. The molecule has 0 atom stereocenters. The van der Waals surface area contributed by atoms with E-state index in [0.29, 0.717) is 12.2 Å². The number of aromatic nitrogens is 3. The molecule has 0 spiro atoms. The Morgan fingerprint density at radius 2 is 2.24 bits per heavy atom. The lowest BCUT2D eigenvalue weighted by Crippen LogP contribution is -2.08. The first-order chi connectivity index (χ1) is 8.28. The van der Waals surface area contributed by atoms with Crippen molar-refractivity contribution >= 4 is 0 Å². The Bertz CT molecular complexity index is 542. The highest BCUT2D eigenvalue weighted by atomic mass is 15.3. The number of hydrogen-bond acceptors (Lipinski definition) is 2. The van der Waals surface area contributed by atoms with Crippen molar-refractivity contribution in [1.82, 2.24) is 14.3 Å². The summed E-state index contributed by atoms with van der Waals surface area (Å²) >= 11 is 0. The summed E-state index contributed by atoms with van der Waals surface area (Å²) in [6, 6.07) is 8.02. The smallest absolute Gasteiger partial charge is 0.120 e. The third-order valence-corrected chi connectivity index (χ3v) is 2.85. The Hall–Kier alpha value is -2.02. The molecular weight excluding hydrogens is 212 g/mol. The van der Waals surface area contributed by atoms with Crippen molar-refractivity contribution in [2.24, 2.45) is 0 Å². The lowest BCUT2D eigenvalue weighted by molar-refractivity contribution is 0.594. The highest BCUT2D eigenvalue weighted by Gasteiger charge is 2.07. The van der Waals surface area contributed by atoms with Crippen LogP contribution in [-0.2, 0) is 19.5 Å². The normalized spacial score (nSPS) is 10.4. The number of hydrogen-bond donors (Lipinski definition) is 0. The summed E-state index contributed by atoms with van der Waals surface area (Å²) in [5, 5.41) is 13.5. The standard InChI is InChI=1S/C13H16N4/c1-3-11-8-13(17(4-2)15-11)10-16-7-5-6-12(16)9-14/h5-8H,3-4,10H2,1-2H3. The predicted molar refractivity (Wildman–Crippen MR) is 65.5 cm³/mol. The molecule has 88 valence electrons. The van der Waals surface area contributed by atoms with E-state index in [-0.39, 0.29) is 0 Å². The van der Waals surface area contributed by atoms with E-state index in [2.05, 4.69) is 31.1 Å². The fourth-order valence-electron chi connectivity index (χ4n) is 1.92. The van der Waals surface area contributed by atoms with Crippen LogP contribution in [0.3, 0.4) is 0 Å². The quantitative estimate of drug-likeness (QED) is 0.805. The zero-order valence-electron chi connectivity index (χ0n) is 10.2. The third-order valence-electron chi connectivity index (χ3n) is 2.85. The van der Waals surface area contributed by atoms with Gasteiger partial charge in [0.05, 0.1) is 17.9 Å². The van der Waals surface area contributed by atoms with Gasteiger partial charge in [0.2, 0.25) is 0 Å². The van der Waals surface area contributed by atoms with Crippen molar-refractivity contribution in [2.75, 3.05) is 0 Å². The van der Waals surface area contributed by atoms with E-state index in [9.17, 15) is 0 Å². The van der Waals surface area contributed by atoms with E-state index in [1.165, 1.54) is 0 Å². The Morgan fingerprint density at radius 3 is 2.88 bits per heavy atom. The molecule has 0 aliphatic rings. The van der Waals surface area contributed by atoms with E-state index in [0.717, 1.165) is 24.4 Å². The van der Waals surface area contributed by atoms with Gasteiger partial charge < -0.3 is 4.57 Å². The largest absolute Gasteiger partial charge is 0.333 e. The van der Waals surface area contributed by atoms with Gasteiger partial charge in [-0.05, 0) is 31.5 Å². The van der Waals surface area contributed by atoms with Crippen LogP contribution in [0.25, 0.3) is 0 Å². The second-order valence-corrected chi connectivity index (χ2v) is 3.93. The van der Waals surface area contributed by atoms with Gasteiger partial charge in [-0.3, -0.25) is 4.68 Å². The van der Waals surface area contributed by atoms with E-state index in [1.807, 2.05) is 27.6 Å². The summed E-state index contributed by atoms with van der Waals surface area (Å²) in [5.41, 5.74) is 2.94. The van der Waals surface area contributed by atoms with E-state index in [4.69, 9.17) is 5.26 Å². The van der Waals surface area contributed by atoms with Crippen LogP contribution in [0.4, 0.5) is 0 Å². The molecule has 0 saturated heterocycles. The molecule has 2 aromatic heterocycles. The lowest BCUT2D eigenvalue weighted by Gasteiger charge is -2.06. The van der Waals surface area contributed by atoms with Crippen LogP contribution in [0.2, 0.25) is 0 Å². The zero-order valence-corrected chi connectivity index (χ0v) is 10.2. The third kappa shape index (κ3) is 2.23. The van der Waals surface area contributed by atoms with Gasteiger partial charge in [-0.2, -0.15) is 10.4 Å². The van der Waals surface area contributed by atoms with Gasteiger partial charge in [-0.15, -0.1) is 0 Å². The topological polar surface area (TPSA) is 46.5 Å². The van der Waals surface area contributed by atoms with Crippen molar-refractivity contribution in [3.8, 4) is 6.07 Å². The molecule has 4 nitrogen and oxygen atoms in total. The number of nitrogens with zero attached hydrogens (tertiary/aromatic N) is 4. The van der Waals surface area contributed by atoms with Gasteiger partial charge in [-0.25, -0.2) is 0 Å². The SMILES string of the molecule is CCc1cc(Cn2cccc2C#N)n(CC)n1. The molecule has 2 aromatic rings. The lowest BCUT2D eigenvalue weighted by atomic mass is 10.3. The molecule has 0 unspecified atom stereocenters. The average Bonchev–Trinajstić information content (AvgIpc) is 2.95. The van der Waals surface area contributed by atoms with Crippen LogP contribution >= 0.6 is 0 Å². The minimum absolute atomic E-state index is 0.687. The molecule has 17 heavy (non-hydrogen) atoms. The molecule has 0 aliphatic heterocycles. The Labute approximate surface area is 101 Å². The van der Waals surface area contributed by atoms with Gasteiger partial charge in [0, 0.05) is 12.7 Å². The van der Waals surface area contributed by atoms with Gasteiger partial charge in [0.1, 0.15) is 11.8 Å². The first-order valence-electron chi connectivity index (χ1n) is 5.89. The van der Waals surface area contributed by atoms with Crippen LogP contribution < -0.4 is 0 Å². The van der Waals surface area contributed by atoms with Gasteiger partial charge in [-0.1, -0.05) is 6.92 Å². The minimum atomic E-state index is 0.687. The monoisotopic (exact) mass is 228 g/mol. The molecule has 2 rings (SSSR count). The van der Waals surface area contributed by atoms with E-state index < -0.39 is 0 Å². The minimum Gasteiger partial charge on any atom is -0.333 e. The molecule has 4 heteroatoms. The molecule has 0 N–H and O–H groups in total. The fraction of sp³-hybridized carbons (Fsp3) is 0.385. The van der Waals surface area contributed by atoms with Crippen molar-refractivity contribution in [1.29, 1.82) is 5.26 Å². The number of nitriles is 1. The maximum Gasteiger partial charge on any atom is 0.120 e. The maximum absolute atomic E-state index is 8.97. The van der Waals surface area contributed by atoms with Crippen LogP contribution in [0.15, 0.2) is 24.4 Å². The summed E-state index contributed by atoms with van der Waals surface area (Å²) in [4.78, 5) is 0. The van der Waals surface area contributed by atoms with Gasteiger partial charge in [0.25, 0.3) is 0 Å². The fourth-order valence-corrected chi connectivity index (χ4v) is 1.92. The second kappa shape index (κ2) is 4.88. The first kappa shape index (κ1) is 11.5. The highest BCUT2D eigenvalue weighted by Crippen LogP contribution is 2.10. The molecule has 0 fully saturated rings. The van der Waals surface area contributed by atoms with Crippen molar-refractivity contribution in [3.63, 3.8) is 0 Å².